The number of morpholine rings is 1. The summed E-state index contributed by atoms with van der Waals surface area (Å²) in [5.41, 5.74) is 2.95. The second-order valence-corrected chi connectivity index (χ2v) is 7.27. The van der Waals surface area contributed by atoms with Crippen molar-refractivity contribution in [3.05, 3.63) is 52.5 Å². The highest BCUT2D eigenvalue weighted by Gasteiger charge is 2.18. The first-order valence-electron chi connectivity index (χ1n) is 9.79. The van der Waals surface area contributed by atoms with Crippen LogP contribution in [-0.4, -0.2) is 67.1 Å². The van der Waals surface area contributed by atoms with Gasteiger partial charge in [-0.15, -0.1) is 10.2 Å². The van der Waals surface area contributed by atoms with Gasteiger partial charge in [0.15, 0.2) is 16.8 Å². The van der Waals surface area contributed by atoms with Crippen LogP contribution in [0.25, 0.3) is 27.9 Å². The monoisotopic (exact) mass is 409 g/mol. The Balaban J connectivity index is 1.54. The number of ether oxygens (including phenoxy) is 1. The van der Waals surface area contributed by atoms with Crippen LogP contribution in [0.15, 0.2) is 35.4 Å². The van der Waals surface area contributed by atoms with Crippen molar-refractivity contribution in [3.63, 3.8) is 0 Å². The van der Waals surface area contributed by atoms with Crippen molar-refractivity contribution >= 4 is 16.8 Å². The molecule has 0 N–H and O–H groups in total. The van der Waals surface area contributed by atoms with Gasteiger partial charge in [-0.1, -0.05) is 12.1 Å². The summed E-state index contributed by atoms with van der Waals surface area (Å²) < 4.78 is 21.7. The maximum Gasteiger partial charge on any atom is 0.283 e. The fraction of sp³-hybridized carbons (Fsp3) is 0.350. The van der Waals surface area contributed by atoms with Crippen molar-refractivity contribution < 1.29 is 9.13 Å². The Labute approximate surface area is 170 Å². The van der Waals surface area contributed by atoms with Gasteiger partial charge in [-0.3, -0.25) is 14.3 Å². The van der Waals surface area contributed by atoms with Crippen LogP contribution in [0.4, 0.5) is 4.39 Å². The summed E-state index contributed by atoms with van der Waals surface area (Å²) in [7, 11) is 0. The molecule has 0 unspecified atom stereocenters. The van der Waals surface area contributed by atoms with E-state index in [-0.39, 0.29) is 16.9 Å². The molecule has 5 rings (SSSR count). The zero-order chi connectivity index (χ0) is 20.7. The Morgan fingerprint density at radius 1 is 1.07 bits per heavy atom. The van der Waals surface area contributed by atoms with Gasteiger partial charge in [0.2, 0.25) is 0 Å². The molecule has 4 heterocycles. The van der Waals surface area contributed by atoms with Crippen molar-refractivity contribution in [2.75, 3.05) is 32.8 Å². The summed E-state index contributed by atoms with van der Waals surface area (Å²) >= 11 is 0. The lowest BCUT2D eigenvalue weighted by atomic mass is 10.1. The number of hydrogen-bond donors (Lipinski definition) is 0. The molecule has 0 radical (unpaired) electrons. The van der Waals surface area contributed by atoms with Crippen LogP contribution in [0.2, 0.25) is 0 Å². The Morgan fingerprint density at radius 3 is 2.60 bits per heavy atom. The Kier molecular flexibility index (Phi) is 4.72. The fourth-order valence-electron chi connectivity index (χ4n) is 3.75. The lowest BCUT2D eigenvalue weighted by Crippen LogP contribution is -2.39. The van der Waals surface area contributed by atoms with Crippen molar-refractivity contribution in [2.24, 2.45) is 0 Å². The molecule has 0 spiro atoms. The molecule has 1 aromatic carbocycles. The van der Waals surface area contributed by atoms with Gasteiger partial charge in [-0.25, -0.2) is 9.37 Å². The molecule has 10 heteroatoms. The van der Waals surface area contributed by atoms with Crippen LogP contribution in [0, 0.1) is 12.7 Å². The summed E-state index contributed by atoms with van der Waals surface area (Å²) in [5.74, 6) is -0.316. The van der Waals surface area contributed by atoms with Crippen molar-refractivity contribution in [1.29, 1.82) is 0 Å². The van der Waals surface area contributed by atoms with Crippen LogP contribution in [-0.2, 0) is 11.3 Å². The van der Waals surface area contributed by atoms with Crippen LogP contribution < -0.4 is 5.56 Å². The standard InChI is InChI=1S/C20H20FN7O2/c1-13-16(14-2-4-15(21)5-3-14)18-24-23-17-19(28(18)25-13)22-12-27(20(17)29)7-6-26-8-10-30-11-9-26/h2-5,12H,6-11H2,1H3. The number of aryl methyl sites for hydroxylation is 1. The van der Waals surface area contributed by atoms with E-state index in [1.54, 1.807) is 16.7 Å². The predicted molar refractivity (Wildman–Crippen MR) is 108 cm³/mol. The summed E-state index contributed by atoms with van der Waals surface area (Å²) in [4.78, 5) is 19.6. The molecule has 3 aromatic heterocycles. The molecule has 1 aliphatic heterocycles. The molecule has 154 valence electrons. The molecule has 0 aliphatic carbocycles. The quantitative estimate of drug-likeness (QED) is 0.502. The maximum absolute atomic E-state index is 13.3. The molecular formula is C20H20FN7O2. The highest BCUT2D eigenvalue weighted by atomic mass is 19.1. The zero-order valence-corrected chi connectivity index (χ0v) is 16.5. The summed E-state index contributed by atoms with van der Waals surface area (Å²) in [6.45, 7) is 6.22. The van der Waals surface area contributed by atoms with E-state index in [0.717, 1.165) is 30.8 Å². The van der Waals surface area contributed by atoms with Gasteiger partial charge in [0.25, 0.3) is 5.56 Å². The highest BCUT2D eigenvalue weighted by molar-refractivity contribution is 5.83. The average Bonchev–Trinajstić information content (AvgIpc) is 3.11. The minimum atomic E-state index is -0.316. The van der Waals surface area contributed by atoms with E-state index in [0.29, 0.717) is 36.7 Å². The third-order valence-electron chi connectivity index (χ3n) is 5.37. The van der Waals surface area contributed by atoms with Crippen LogP contribution in [0.3, 0.4) is 0 Å². The molecule has 0 atom stereocenters. The van der Waals surface area contributed by atoms with E-state index in [1.165, 1.54) is 23.0 Å². The Hall–Kier alpha value is -3.24. The first-order valence-corrected chi connectivity index (χ1v) is 9.79. The van der Waals surface area contributed by atoms with Gasteiger partial charge in [-0.2, -0.15) is 9.61 Å². The molecule has 1 saturated heterocycles. The normalized spacial score (nSPS) is 15.3. The molecule has 4 aromatic rings. The minimum absolute atomic E-state index is 0.167. The second-order valence-electron chi connectivity index (χ2n) is 7.27. The van der Waals surface area contributed by atoms with Crippen LogP contribution in [0.5, 0.6) is 0 Å². The fourth-order valence-corrected chi connectivity index (χ4v) is 3.75. The van der Waals surface area contributed by atoms with Crippen molar-refractivity contribution in [3.8, 4) is 11.1 Å². The third kappa shape index (κ3) is 3.23. The number of nitrogens with zero attached hydrogens (tertiary/aromatic N) is 7. The minimum Gasteiger partial charge on any atom is -0.379 e. The van der Waals surface area contributed by atoms with E-state index >= 15 is 0 Å². The lowest BCUT2D eigenvalue weighted by molar-refractivity contribution is 0.0362. The maximum atomic E-state index is 13.3. The summed E-state index contributed by atoms with van der Waals surface area (Å²) in [5, 5.41) is 12.9. The highest BCUT2D eigenvalue weighted by Crippen LogP contribution is 2.27. The first-order chi connectivity index (χ1) is 14.6. The van der Waals surface area contributed by atoms with Crippen LogP contribution >= 0.6 is 0 Å². The molecule has 0 saturated carbocycles. The van der Waals surface area contributed by atoms with E-state index in [1.807, 2.05) is 6.92 Å². The zero-order valence-electron chi connectivity index (χ0n) is 16.5. The smallest absolute Gasteiger partial charge is 0.283 e. The number of halogens is 1. The topological polar surface area (TPSA) is 90.4 Å². The summed E-state index contributed by atoms with van der Waals surface area (Å²) in [6.07, 6.45) is 1.53. The number of benzene rings is 1. The molecular weight excluding hydrogens is 389 g/mol. The van der Waals surface area contributed by atoms with E-state index in [9.17, 15) is 9.18 Å². The van der Waals surface area contributed by atoms with Gasteiger partial charge in [0, 0.05) is 26.2 Å². The van der Waals surface area contributed by atoms with E-state index in [2.05, 4.69) is 25.2 Å². The summed E-state index contributed by atoms with van der Waals surface area (Å²) in [6, 6.07) is 6.11. The first kappa shape index (κ1) is 18.8. The molecule has 0 bridgehead atoms. The van der Waals surface area contributed by atoms with Gasteiger partial charge in [-0.05, 0) is 24.6 Å². The Morgan fingerprint density at radius 2 is 1.83 bits per heavy atom. The molecule has 1 aliphatic rings. The van der Waals surface area contributed by atoms with Gasteiger partial charge in [0.05, 0.1) is 24.5 Å². The number of fused-ring (bicyclic) bond motifs is 3. The predicted octanol–water partition coefficient (Wildman–Crippen LogP) is 1.28. The van der Waals surface area contributed by atoms with Gasteiger partial charge in [0.1, 0.15) is 12.1 Å². The van der Waals surface area contributed by atoms with E-state index < -0.39 is 0 Å². The second kappa shape index (κ2) is 7.54. The van der Waals surface area contributed by atoms with Crippen molar-refractivity contribution in [1.82, 2.24) is 34.3 Å². The number of rotatable bonds is 4. The van der Waals surface area contributed by atoms with E-state index in [4.69, 9.17) is 4.74 Å². The molecule has 1 fully saturated rings. The van der Waals surface area contributed by atoms with Gasteiger partial charge < -0.3 is 4.74 Å². The largest absolute Gasteiger partial charge is 0.379 e. The lowest BCUT2D eigenvalue weighted by Gasteiger charge is -2.26. The SMILES string of the molecule is Cc1nn2c(nnc3c(=O)n(CCN4CCOCC4)cnc32)c1-c1ccc(F)cc1. The van der Waals surface area contributed by atoms with Crippen molar-refractivity contribution in [2.45, 2.75) is 13.5 Å². The molecule has 9 nitrogen and oxygen atoms in total. The molecule has 30 heavy (non-hydrogen) atoms. The van der Waals surface area contributed by atoms with Gasteiger partial charge >= 0.3 is 0 Å². The average molecular weight is 409 g/mol. The third-order valence-corrected chi connectivity index (χ3v) is 5.37. The number of hydrogen-bond acceptors (Lipinski definition) is 7. The number of aromatic nitrogens is 6. The molecule has 0 amide bonds. The Bertz CT molecular complexity index is 1280. The van der Waals surface area contributed by atoms with Crippen LogP contribution in [0.1, 0.15) is 5.69 Å².